The second-order valence-corrected chi connectivity index (χ2v) is 9.61. The van der Waals surface area contributed by atoms with E-state index in [0.29, 0.717) is 5.92 Å². The minimum absolute atomic E-state index is 0.476. The van der Waals surface area contributed by atoms with Gasteiger partial charge >= 0.3 is 0 Å². The lowest BCUT2D eigenvalue weighted by Gasteiger charge is -2.20. The molecular weight excluding hydrogens is 394 g/mol. The summed E-state index contributed by atoms with van der Waals surface area (Å²) in [6.07, 6.45) is 7.50. The van der Waals surface area contributed by atoms with Gasteiger partial charge in [0.05, 0.1) is 24.2 Å². The number of para-hydroxylation sites is 2. The Morgan fingerprint density at radius 3 is 2.53 bits per heavy atom. The molecule has 1 saturated heterocycles. The minimum atomic E-state index is 0.476. The average molecular weight is 434 g/mol. The number of fused-ring (bicyclic) bond motifs is 1. The van der Waals surface area contributed by atoms with E-state index in [0.717, 1.165) is 43.8 Å². The molecule has 0 unspecified atom stereocenters. The lowest BCUT2D eigenvalue weighted by molar-refractivity contribution is 0.264. The number of imidazole rings is 1. The van der Waals surface area contributed by atoms with Crippen LogP contribution in [0.5, 0.6) is 5.75 Å². The number of aryl methyl sites for hydroxylation is 2. The molecule has 1 aromatic heterocycles. The summed E-state index contributed by atoms with van der Waals surface area (Å²) in [6, 6.07) is 15.2. The number of unbranched alkanes of at least 4 members (excludes halogenated alkanes) is 1. The SMILES string of the molecule is Cc1ccc(C(C)C)c(OCCCCn2c(CN3CCCCCC3)nc3ccccc32)c1. The highest BCUT2D eigenvalue weighted by atomic mass is 16.5. The van der Waals surface area contributed by atoms with Crippen molar-refractivity contribution >= 4 is 11.0 Å². The molecule has 1 aliphatic rings. The van der Waals surface area contributed by atoms with E-state index in [9.17, 15) is 0 Å². The number of hydrogen-bond donors (Lipinski definition) is 0. The fourth-order valence-corrected chi connectivity index (χ4v) is 4.79. The molecule has 0 bridgehead atoms. The number of hydrogen-bond acceptors (Lipinski definition) is 3. The van der Waals surface area contributed by atoms with Crippen LogP contribution in [0.3, 0.4) is 0 Å². The van der Waals surface area contributed by atoms with Crippen LogP contribution in [0.15, 0.2) is 42.5 Å². The smallest absolute Gasteiger partial charge is 0.124 e. The number of rotatable bonds is 9. The van der Waals surface area contributed by atoms with E-state index in [1.54, 1.807) is 0 Å². The molecule has 4 nitrogen and oxygen atoms in total. The molecule has 0 N–H and O–H groups in total. The molecule has 0 atom stereocenters. The maximum Gasteiger partial charge on any atom is 0.124 e. The summed E-state index contributed by atoms with van der Waals surface area (Å²) in [4.78, 5) is 7.61. The predicted octanol–water partition coefficient (Wildman–Crippen LogP) is 6.70. The Balaban J connectivity index is 1.38. The molecule has 3 aromatic rings. The lowest BCUT2D eigenvalue weighted by atomic mass is 10.0. The van der Waals surface area contributed by atoms with Crippen molar-refractivity contribution in [3.05, 3.63) is 59.4 Å². The van der Waals surface area contributed by atoms with Crippen LogP contribution in [0.1, 0.15) is 75.2 Å². The molecule has 1 aliphatic heterocycles. The van der Waals surface area contributed by atoms with Gasteiger partial charge in [0.25, 0.3) is 0 Å². The second kappa shape index (κ2) is 11.0. The van der Waals surface area contributed by atoms with Crippen molar-refractivity contribution in [1.82, 2.24) is 14.5 Å². The molecule has 32 heavy (non-hydrogen) atoms. The first-order valence-corrected chi connectivity index (χ1v) is 12.5. The third kappa shape index (κ3) is 5.72. The highest BCUT2D eigenvalue weighted by molar-refractivity contribution is 5.75. The number of aromatic nitrogens is 2. The Morgan fingerprint density at radius 2 is 1.75 bits per heavy atom. The molecule has 2 aromatic carbocycles. The maximum absolute atomic E-state index is 6.22. The third-order valence-electron chi connectivity index (χ3n) is 6.62. The molecule has 0 aliphatic carbocycles. The van der Waals surface area contributed by atoms with Gasteiger partial charge in [-0.25, -0.2) is 4.98 Å². The summed E-state index contributed by atoms with van der Waals surface area (Å²) < 4.78 is 8.67. The first-order valence-electron chi connectivity index (χ1n) is 12.5. The Labute approximate surface area is 193 Å². The van der Waals surface area contributed by atoms with E-state index in [1.165, 1.54) is 61.2 Å². The van der Waals surface area contributed by atoms with E-state index >= 15 is 0 Å². The standard InChI is InChI=1S/C28H39N3O/c1-22(2)24-15-14-23(3)20-27(24)32-19-11-10-18-31-26-13-7-6-12-25(26)29-28(31)21-30-16-8-4-5-9-17-30/h6-7,12-15,20,22H,4-5,8-11,16-19,21H2,1-3H3. The van der Waals surface area contributed by atoms with E-state index in [-0.39, 0.29) is 0 Å². The van der Waals surface area contributed by atoms with E-state index in [1.807, 2.05) is 0 Å². The van der Waals surface area contributed by atoms with Crippen LogP contribution in [0.4, 0.5) is 0 Å². The average Bonchev–Trinajstić information content (AvgIpc) is 2.93. The molecule has 4 rings (SSSR count). The fourth-order valence-electron chi connectivity index (χ4n) is 4.79. The maximum atomic E-state index is 6.22. The zero-order valence-corrected chi connectivity index (χ0v) is 20.1. The summed E-state index contributed by atoms with van der Waals surface area (Å²) in [6.45, 7) is 11.7. The Hall–Kier alpha value is -2.33. The topological polar surface area (TPSA) is 30.3 Å². The quantitative estimate of drug-likeness (QED) is 0.352. The molecular formula is C28H39N3O. The predicted molar refractivity (Wildman–Crippen MR) is 133 cm³/mol. The van der Waals surface area contributed by atoms with Gasteiger partial charge in [0.2, 0.25) is 0 Å². The molecule has 0 amide bonds. The van der Waals surface area contributed by atoms with Crippen LogP contribution in [-0.2, 0) is 13.1 Å². The van der Waals surface area contributed by atoms with E-state index in [4.69, 9.17) is 9.72 Å². The number of likely N-dealkylation sites (tertiary alicyclic amines) is 1. The van der Waals surface area contributed by atoms with Gasteiger partial charge in [-0.1, -0.05) is 51.0 Å². The van der Waals surface area contributed by atoms with Gasteiger partial charge in [-0.3, -0.25) is 4.90 Å². The van der Waals surface area contributed by atoms with Gasteiger partial charge in [-0.05, 0) is 80.9 Å². The first kappa shape index (κ1) is 22.8. The van der Waals surface area contributed by atoms with Crippen molar-refractivity contribution in [3.8, 4) is 5.75 Å². The zero-order chi connectivity index (χ0) is 22.3. The molecule has 2 heterocycles. The van der Waals surface area contributed by atoms with Crippen molar-refractivity contribution in [1.29, 1.82) is 0 Å². The molecule has 1 fully saturated rings. The van der Waals surface area contributed by atoms with Gasteiger partial charge in [0.1, 0.15) is 11.6 Å². The number of nitrogens with zero attached hydrogens (tertiary/aromatic N) is 3. The molecule has 0 spiro atoms. The highest BCUT2D eigenvalue weighted by Crippen LogP contribution is 2.28. The van der Waals surface area contributed by atoms with Crippen LogP contribution in [0.2, 0.25) is 0 Å². The van der Waals surface area contributed by atoms with Crippen molar-refractivity contribution in [2.75, 3.05) is 19.7 Å². The monoisotopic (exact) mass is 433 g/mol. The van der Waals surface area contributed by atoms with Crippen molar-refractivity contribution in [3.63, 3.8) is 0 Å². The fraction of sp³-hybridized carbons (Fsp3) is 0.536. The first-order chi connectivity index (χ1) is 15.6. The van der Waals surface area contributed by atoms with Crippen molar-refractivity contribution in [2.24, 2.45) is 0 Å². The Bertz CT molecular complexity index is 999. The molecule has 172 valence electrons. The van der Waals surface area contributed by atoms with E-state index < -0.39 is 0 Å². The van der Waals surface area contributed by atoms with Crippen LogP contribution in [0, 0.1) is 6.92 Å². The summed E-state index contributed by atoms with van der Waals surface area (Å²) in [7, 11) is 0. The lowest BCUT2D eigenvalue weighted by Crippen LogP contribution is -2.26. The highest BCUT2D eigenvalue weighted by Gasteiger charge is 2.16. The Morgan fingerprint density at radius 1 is 0.969 bits per heavy atom. The van der Waals surface area contributed by atoms with Gasteiger partial charge < -0.3 is 9.30 Å². The number of ether oxygens (including phenoxy) is 1. The normalized spacial score (nSPS) is 15.4. The summed E-state index contributed by atoms with van der Waals surface area (Å²) in [5.74, 6) is 2.74. The van der Waals surface area contributed by atoms with Crippen LogP contribution >= 0.6 is 0 Å². The van der Waals surface area contributed by atoms with E-state index in [2.05, 4.69) is 72.7 Å². The van der Waals surface area contributed by atoms with Gasteiger partial charge in [0.15, 0.2) is 0 Å². The molecule has 0 saturated carbocycles. The van der Waals surface area contributed by atoms with Gasteiger partial charge in [0, 0.05) is 6.54 Å². The van der Waals surface area contributed by atoms with Crippen molar-refractivity contribution < 1.29 is 4.74 Å². The third-order valence-corrected chi connectivity index (χ3v) is 6.62. The molecule has 0 radical (unpaired) electrons. The van der Waals surface area contributed by atoms with Crippen LogP contribution < -0.4 is 4.74 Å². The van der Waals surface area contributed by atoms with Crippen LogP contribution in [-0.4, -0.2) is 34.1 Å². The summed E-state index contributed by atoms with van der Waals surface area (Å²) >= 11 is 0. The number of benzene rings is 2. The Kier molecular flexibility index (Phi) is 7.85. The summed E-state index contributed by atoms with van der Waals surface area (Å²) in [5, 5.41) is 0. The van der Waals surface area contributed by atoms with Gasteiger partial charge in [-0.15, -0.1) is 0 Å². The molecule has 4 heteroatoms. The summed E-state index contributed by atoms with van der Waals surface area (Å²) in [5.41, 5.74) is 4.94. The van der Waals surface area contributed by atoms with Gasteiger partial charge in [-0.2, -0.15) is 0 Å². The van der Waals surface area contributed by atoms with Crippen LogP contribution in [0.25, 0.3) is 11.0 Å². The zero-order valence-electron chi connectivity index (χ0n) is 20.1. The van der Waals surface area contributed by atoms with Crippen molar-refractivity contribution in [2.45, 2.75) is 78.3 Å². The second-order valence-electron chi connectivity index (χ2n) is 9.61. The minimum Gasteiger partial charge on any atom is -0.493 e. The largest absolute Gasteiger partial charge is 0.493 e.